The molecule has 1 aromatic heterocycles. The lowest BCUT2D eigenvalue weighted by atomic mass is 9.98. The molecule has 4 nitrogen and oxygen atoms in total. The van der Waals surface area contributed by atoms with Gasteiger partial charge in [-0.1, -0.05) is 12.1 Å². The predicted molar refractivity (Wildman–Crippen MR) is 91.1 cm³/mol. The van der Waals surface area contributed by atoms with Crippen LogP contribution in [-0.4, -0.2) is 23.2 Å². The first-order valence-corrected chi connectivity index (χ1v) is 7.48. The largest absolute Gasteiger partial charge is 0.497 e. The van der Waals surface area contributed by atoms with E-state index in [-0.39, 0.29) is 6.42 Å². The summed E-state index contributed by atoms with van der Waals surface area (Å²) >= 11 is 0. The van der Waals surface area contributed by atoms with E-state index in [4.69, 9.17) is 4.74 Å². The van der Waals surface area contributed by atoms with E-state index in [2.05, 4.69) is 11.1 Å². The highest BCUT2D eigenvalue weighted by Gasteiger charge is 2.18. The van der Waals surface area contributed by atoms with Gasteiger partial charge in [-0.05, 0) is 60.4 Å². The molecule has 0 radical (unpaired) electrons. The normalized spacial score (nSPS) is 10.9. The number of nitrogens with one attached hydrogen (secondary N) is 1. The van der Waals surface area contributed by atoms with Gasteiger partial charge in [0, 0.05) is 10.9 Å². The maximum absolute atomic E-state index is 11.4. The lowest BCUT2D eigenvalue weighted by molar-refractivity contribution is -0.136. The number of fused-ring (bicyclic) bond motifs is 1. The third kappa shape index (κ3) is 2.68. The second-order valence-corrected chi connectivity index (χ2v) is 5.73. The van der Waals surface area contributed by atoms with Gasteiger partial charge in [0.2, 0.25) is 0 Å². The molecule has 0 saturated carbocycles. The molecule has 0 aliphatic carbocycles. The number of hydrogen-bond acceptors (Lipinski definition) is 2. The first kappa shape index (κ1) is 15.2. The van der Waals surface area contributed by atoms with Crippen molar-refractivity contribution in [2.75, 3.05) is 7.11 Å². The zero-order valence-electron chi connectivity index (χ0n) is 13.4. The standard InChI is InChI=1S/C19H19NO3/c1-11-4-5-12(2)18-17(11)15(10-16(21)22)19(20-18)13-6-8-14(23-3)9-7-13/h4-9,20H,10H2,1-3H3,(H,21,22). The fourth-order valence-electron chi connectivity index (χ4n) is 3.02. The van der Waals surface area contributed by atoms with E-state index in [0.717, 1.165) is 44.6 Å². The van der Waals surface area contributed by atoms with Crippen LogP contribution in [0.5, 0.6) is 5.75 Å². The van der Waals surface area contributed by atoms with Crippen molar-refractivity contribution in [1.29, 1.82) is 0 Å². The second-order valence-electron chi connectivity index (χ2n) is 5.73. The van der Waals surface area contributed by atoms with Crippen LogP contribution in [0.25, 0.3) is 22.2 Å². The lowest BCUT2D eigenvalue weighted by Gasteiger charge is -2.05. The molecule has 2 N–H and O–H groups in total. The Morgan fingerprint density at radius 1 is 1.09 bits per heavy atom. The number of rotatable bonds is 4. The zero-order valence-corrected chi connectivity index (χ0v) is 13.4. The lowest BCUT2D eigenvalue weighted by Crippen LogP contribution is -2.01. The highest BCUT2D eigenvalue weighted by Crippen LogP contribution is 2.34. The number of ether oxygens (including phenoxy) is 1. The van der Waals surface area contributed by atoms with Crippen LogP contribution < -0.4 is 4.74 Å². The Hall–Kier alpha value is -2.75. The van der Waals surface area contributed by atoms with Gasteiger partial charge in [0.25, 0.3) is 0 Å². The summed E-state index contributed by atoms with van der Waals surface area (Å²) in [5, 5.41) is 10.3. The number of aliphatic carboxylic acids is 1. The van der Waals surface area contributed by atoms with Crippen molar-refractivity contribution < 1.29 is 14.6 Å². The van der Waals surface area contributed by atoms with Crippen LogP contribution in [0.2, 0.25) is 0 Å². The summed E-state index contributed by atoms with van der Waals surface area (Å²) in [5.41, 5.74) is 5.85. The Labute approximate surface area is 134 Å². The molecule has 0 bridgehead atoms. The van der Waals surface area contributed by atoms with Crippen LogP contribution in [0.4, 0.5) is 0 Å². The number of aromatic nitrogens is 1. The molecule has 0 aliphatic heterocycles. The molecule has 3 rings (SSSR count). The van der Waals surface area contributed by atoms with E-state index in [0.29, 0.717) is 0 Å². The third-order valence-electron chi connectivity index (χ3n) is 4.18. The van der Waals surface area contributed by atoms with Gasteiger partial charge in [-0.2, -0.15) is 0 Å². The Kier molecular flexibility index (Phi) is 3.82. The third-order valence-corrected chi connectivity index (χ3v) is 4.18. The molecule has 0 atom stereocenters. The van der Waals surface area contributed by atoms with Crippen molar-refractivity contribution in [3.63, 3.8) is 0 Å². The van der Waals surface area contributed by atoms with Gasteiger partial charge in [-0.25, -0.2) is 0 Å². The Morgan fingerprint density at radius 2 is 1.74 bits per heavy atom. The maximum atomic E-state index is 11.4. The summed E-state index contributed by atoms with van der Waals surface area (Å²) in [6.07, 6.45) is -0.00828. The van der Waals surface area contributed by atoms with E-state index in [1.807, 2.05) is 44.2 Å². The van der Waals surface area contributed by atoms with Crippen LogP contribution in [0, 0.1) is 13.8 Å². The summed E-state index contributed by atoms with van der Waals surface area (Å²) in [5.74, 6) is -0.0569. The number of carboxylic acid groups (broad SMARTS) is 1. The topological polar surface area (TPSA) is 62.3 Å². The summed E-state index contributed by atoms with van der Waals surface area (Å²) in [4.78, 5) is 14.8. The highest BCUT2D eigenvalue weighted by molar-refractivity contribution is 5.97. The van der Waals surface area contributed by atoms with E-state index in [1.54, 1.807) is 7.11 Å². The molecule has 0 saturated heterocycles. The fourth-order valence-corrected chi connectivity index (χ4v) is 3.02. The minimum atomic E-state index is -0.832. The van der Waals surface area contributed by atoms with Crippen LogP contribution in [0.3, 0.4) is 0 Å². The van der Waals surface area contributed by atoms with Gasteiger partial charge in [-0.15, -0.1) is 0 Å². The molecular weight excluding hydrogens is 290 g/mol. The fraction of sp³-hybridized carbons (Fsp3) is 0.211. The molecule has 0 fully saturated rings. The van der Waals surface area contributed by atoms with Gasteiger partial charge in [-0.3, -0.25) is 4.79 Å². The first-order valence-electron chi connectivity index (χ1n) is 7.48. The summed E-state index contributed by atoms with van der Waals surface area (Å²) in [6, 6.07) is 11.7. The summed E-state index contributed by atoms with van der Waals surface area (Å²) in [6.45, 7) is 4.04. The molecule has 0 amide bonds. The second kappa shape index (κ2) is 5.80. The maximum Gasteiger partial charge on any atom is 0.307 e. The number of aryl methyl sites for hydroxylation is 2. The zero-order chi connectivity index (χ0) is 16.6. The van der Waals surface area contributed by atoms with Crippen molar-refractivity contribution >= 4 is 16.9 Å². The van der Waals surface area contributed by atoms with Gasteiger partial charge in [0.15, 0.2) is 0 Å². The minimum Gasteiger partial charge on any atom is -0.497 e. The number of methoxy groups -OCH3 is 1. The van der Waals surface area contributed by atoms with E-state index >= 15 is 0 Å². The van der Waals surface area contributed by atoms with Gasteiger partial charge in [0.1, 0.15) is 5.75 Å². The SMILES string of the molecule is COc1ccc(-c2[nH]c3c(C)ccc(C)c3c2CC(=O)O)cc1. The predicted octanol–water partition coefficient (Wildman–Crippen LogP) is 4.09. The van der Waals surface area contributed by atoms with Crippen LogP contribution in [0.15, 0.2) is 36.4 Å². The average Bonchev–Trinajstić information content (AvgIpc) is 2.91. The van der Waals surface area contributed by atoms with Gasteiger partial charge >= 0.3 is 5.97 Å². The molecule has 0 spiro atoms. The molecule has 23 heavy (non-hydrogen) atoms. The Balaban J connectivity index is 2.27. The number of aromatic amines is 1. The number of carbonyl (C=O) groups is 1. The molecule has 4 heteroatoms. The van der Waals surface area contributed by atoms with Crippen molar-refractivity contribution in [1.82, 2.24) is 4.98 Å². The number of hydrogen-bond donors (Lipinski definition) is 2. The molecule has 118 valence electrons. The molecule has 2 aromatic carbocycles. The number of H-pyrrole nitrogens is 1. The highest BCUT2D eigenvalue weighted by atomic mass is 16.5. The molecule has 1 heterocycles. The quantitative estimate of drug-likeness (QED) is 0.763. The molecule has 3 aromatic rings. The van der Waals surface area contributed by atoms with Crippen molar-refractivity contribution in [3.8, 4) is 17.0 Å². The molecule has 0 unspecified atom stereocenters. The summed E-state index contributed by atoms with van der Waals surface area (Å²) in [7, 11) is 1.63. The van der Waals surface area contributed by atoms with Crippen LogP contribution in [0.1, 0.15) is 16.7 Å². The molecular formula is C19H19NO3. The van der Waals surface area contributed by atoms with Crippen molar-refractivity contribution in [2.45, 2.75) is 20.3 Å². The van der Waals surface area contributed by atoms with Crippen LogP contribution in [-0.2, 0) is 11.2 Å². The Morgan fingerprint density at radius 3 is 2.35 bits per heavy atom. The number of benzene rings is 2. The van der Waals surface area contributed by atoms with Gasteiger partial charge in [0.05, 0.1) is 19.2 Å². The van der Waals surface area contributed by atoms with E-state index < -0.39 is 5.97 Å². The monoisotopic (exact) mass is 309 g/mol. The average molecular weight is 309 g/mol. The van der Waals surface area contributed by atoms with E-state index in [1.165, 1.54) is 0 Å². The Bertz CT molecular complexity index is 876. The first-order chi connectivity index (χ1) is 11.0. The molecule has 0 aliphatic rings. The van der Waals surface area contributed by atoms with Crippen molar-refractivity contribution in [2.24, 2.45) is 0 Å². The smallest absolute Gasteiger partial charge is 0.307 e. The van der Waals surface area contributed by atoms with Crippen LogP contribution >= 0.6 is 0 Å². The van der Waals surface area contributed by atoms with Gasteiger partial charge < -0.3 is 14.8 Å². The minimum absolute atomic E-state index is 0.00828. The van der Waals surface area contributed by atoms with Crippen molar-refractivity contribution in [3.05, 3.63) is 53.1 Å². The summed E-state index contributed by atoms with van der Waals surface area (Å²) < 4.78 is 5.19. The van der Waals surface area contributed by atoms with E-state index in [9.17, 15) is 9.90 Å². The number of carboxylic acids is 1.